The number of methoxy groups -OCH3 is 1. The van der Waals surface area contributed by atoms with E-state index in [0.717, 1.165) is 38.7 Å². The molecule has 0 amide bonds. The number of unbranched alkanes of at least 4 members (excludes halogenated alkanes) is 2. The van der Waals surface area contributed by atoms with Gasteiger partial charge in [-0.1, -0.05) is 6.07 Å². The largest absolute Gasteiger partial charge is 0.385 e. The Kier molecular flexibility index (Phi) is 12.8. The molecule has 2 N–H and O–H groups in total. The summed E-state index contributed by atoms with van der Waals surface area (Å²) in [6.45, 7) is 1.82. The molecule has 150 valence electrons. The van der Waals surface area contributed by atoms with Gasteiger partial charge in [-0.2, -0.15) is 0 Å². The number of aliphatic imine (C=N–C) groups is 1. The smallest absolute Gasteiger partial charge is 0.191 e. The molecule has 0 aromatic heterocycles. The average molecular weight is 501 g/mol. The Labute approximate surface area is 172 Å². The Morgan fingerprint density at radius 3 is 2.54 bits per heavy atom. The molecule has 6 nitrogen and oxygen atoms in total. The molecule has 0 fully saturated rings. The average Bonchev–Trinajstić information content (AvgIpc) is 2.54. The second-order valence-corrected chi connectivity index (χ2v) is 8.03. The highest BCUT2D eigenvalue weighted by Crippen LogP contribution is 2.14. The molecule has 0 radical (unpaired) electrons. The summed E-state index contributed by atoms with van der Waals surface area (Å²) < 4.78 is 41.6. The van der Waals surface area contributed by atoms with Crippen LogP contribution in [0, 0.1) is 5.82 Å². The molecule has 0 bridgehead atoms. The first kappa shape index (κ1) is 25.1. The standard InChI is InChI=1S/C17H28FN3O3S.HI/c1-19-17(20-9-5-4-6-10-24-2)21-12-15-11-16(18)8-7-14(15)13-25(3,22)23;/h7-8,11H,4-6,9-10,12-13H2,1-3H3,(H2,19,20,21);1H. The van der Waals surface area contributed by atoms with Crippen LogP contribution in [-0.2, 0) is 26.9 Å². The summed E-state index contributed by atoms with van der Waals surface area (Å²) in [5.41, 5.74) is 1.19. The number of halogens is 2. The molecule has 0 saturated heterocycles. The minimum Gasteiger partial charge on any atom is -0.385 e. The molecule has 0 atom stereocenters. The summed E-state index contributed by atoms with van der Waals surface area (Å²) in [5.74, 6) is 0.0898. The first-order chi connectivity index (χ1) is 11.9. The van der Waals surface area contributed by atoms with Gasteiger partial charge >= 0.3 is 0 Å². The molecule has 0 aliphatic heterocycles. The third-order valence-corrected chi connectivity index (χ3v) is 4.41. The van der Waals surface area contributed by atoms with Crippen LogP contribution in [-0.4, -0.2) is 47.9 Å². The lowest BCUT2D eigenvalue weighted by Crippen LogP contribution is -2.37. The Balaban J connectivity index is 0.00000625. The van der Waals surface area contributed by atoms with Crippen molar-refractivity contribution < 1.29 is 17.5 Å². The van der Waals surface area contributed by atoms with E-state index in [1.807, 2.05) is 0 Å². The van der Waals surface area contributed by atoms with Crippen LogP contribution in [0.1, 0.15) is 30.4 Å². The van der Waals surface area contributed by atoms with Crippen molar-refractivity contribution in [3.05, 3.63) is 35.1 Å². The van der Waals surface area contributed by atoms with E-state index in [9.17, 15) is 12.8 Å². The van der Waals surface area contributed by atoms with E-state index < -0.39 is 15.7 Å². The highest BCUT2D eigenvalue weighted by atomic mass is 127. The molecule has 0 aliphatic rings. The number of guanidine groups is 1. The van der Waals surface area contributed by atoms with Gasteiger partial charge < -0.3 is 15.4 Å². The molecule has 0 aliphatic carbocycles. The first-order valence-corrected chi connectivity index (χ1v) is 10.3. The quantitative estimate of drug-likeness (QED) is 0.223. The molecule has 9 heteroatoms. The number of hydrogen-bond acceptors (Lipinski definition) is 4. The zero-order valence-electron chi connectivity index (χ0n) is 15.5. The monoisotopic (exact) mass is 501 g/mol. The van der Waals surface area contributed by atoms with Crippen LogP contribution in [0.2, 0.25) is 0 Å². The van der Waals surface area contributed by atoms with Crippen LogP contribution < -0.4 is 10.6 Å². The van der Waals surface area contributed by atoms with Crippen LogP contribution in [0.5, 0.6) is 0 Å². The Morgan fingerprint density at radius 1 is 1.19 bits per heavy atom. The van der Waals surface area contributed by atoms with Gasteiger partial charge in [-0.15, -0.1) is 24.0 Å². The van der Waals surface area contributed by atoms with Crippen molar-refractivity contribution in [2.45, 2.75) is 31.6 Å². The molecule has 1 aromatic rings. The van der Waals surface area contributed by atoms with E-state index in [-0.39, 0.29) is 29.7 Å². The van der Waals surface area contributed by atoms with Crippen LogP contribution in [0.3, 0.4) is 0 Å². The number of nitrogens with zero attached hydrogens (tertiary/aromatic N) is 1. The summed E-state index contributed by atoms with van der Waals surface area (Å²) in [6, 6.07) is 4.14. The predicted octanol–water partition coefficient (Wildman–Crippen LogP) is 2.47. The first-order valence-electron chi connectivity index (χ1n) is 8.24. The molecule has 0 unspecified atom stereocenters. The van der Waals surface area contributed by atoms with Crippen molar-refractivity contribution >= 4 is 39.8 Å². The molecule has 1 rings (SSSR count). The van der Waals surface area contributed by atoms with Crippen LogP contribution in [0.15, 0.2) is 23.2 Å². The third-order valence-electron chi connectivity index (χ3n) is 3.57. The molecule has 0 spiro atoms. The summed E-state index contributed by atoms with van der Waals surface area (Å²) in [6.07, 6.45) is 4.23. The van der Waals surface area contributed by atoms with Gasteiger partial charge in [0.25, 0.3) is 0 Å². The Hall–Kier alpha value is -0.940. The van der Waals surface area contributed by atoms with Crippen molar-refractivity contribution in [3.63, 3.8) is 0 Å². The van der Waals surface area contributed by atoms with Crippen molar-refractivity contribution in [1.29, 1.82) is 0 Å². The van der Waals surface area contributed by atoms with Crippen LogP contribution in [0.25, 0.3) is 0 Å². The SMILES string of the molecule is CN=C(NCCCCCOC)NCc1cc(F)ccc1CS(C)(=O)=O.I. The predicted molar refractivity (Wildman–Crippen MR) is 114 cm³/mol. The van der Waals surface area contributed by atoms with E-state index in [2.05, 4.69) is 15.6 Å². The second kappa shape index (κ2) is 13.3. The van der Waals surface area contributed by atoms with E-state index >= 15 is 0 Å². The summed E-state index contributed by atoms with van der Waals surface area (Å²) in [4.78, 5) is 4.12. The molecule has 26 heavy (non-hydrogen) atoms. The Bertz CT molecular complexity index is 669. The number of ether oxygens (including phenoxy) is 1. The highest BCUT2D eigenvalue weighted by Gasteiger charge is 2.11. The van der Waals surface area contributed by atoms with E-state index in [0.29, 0.717) is 23.6 Å². The van der Waals surface area contributed by atoms with Crippen molar-refractivity contribution in [2.24, 2.45) is 4.99 Å². The maximum absolute atomic E-state index is 13.5. The zero-order chi connectivity index (χ0) is 18.7. The minimum atomic E-state index is -3.19. The number of sulfone groups is 1. The molecular weight excluding hydrogens is 472 g/mol. The zero-order valence-corrected chi connectivity index (χ0v) is 18.7. The maximum atomic E-state index is 13.5. The van der Waals surface area contributed by atoms with E-state index in [1.54, 1.807) is 14.2 Å². The summed E-state index contributed by atoms with van der Waals surface area (Å²) in [7, 11) is 0.157. The van der Waals surface area contributed by atoms with Gasteiger partial charge in [-0.05, 0) is 42.5 Å². The van der Waals surface area contributed by atoms with Gasteiger partial charge in [0, 0.05) is 40.1 Å². The lowest BCUT2D eigenvalue weighted by molar-refractivity contribution is 0.192. The molecular formula is C17H29FIN3O3S. The van der Waals surface area contributed by atoms with Gasteiger partial charge in [0.15, 0.2) is 15.8 Å². The van der Waals surface area contributed by atoms with Crippen LogP contribution >= 0.6 is 24.0 Å². The van der Waals surface area contributed by atoms with Crippen LogP contribution in [0.4, 0.5) is 4.39 Å². The number of nitrogens with one attached hydrogen (secondary N) is 2. The fourth-order valence-corrected chi connectivity index (χ4v) is 3.18. The van der Waals surface area contributed by atoms with Gasteiger partial charge in [-0.3, -0.25) is 4.99 Å². The van der Waals surface area contributed by atoms with Gasteiger partial charge in [0.2, 0.25) is 0 Å². The topological polar surface area (TPSA) is 79.8 Å². The Morgan fingerprint density at radius 2 is 1.92 bits per heavy atom. The normalized spacial score (nSPS) is 11.8. The van der Waals surface area contributed by atoms with Gasteiger partial charge in [0.1, 0.15) is 5.82 Å². The number of hydrogen-bond donors (Lipinski definition) is 2. The maximum Gasteiger partial charge on any atom is 0.191 e. The number of benzene rings is 1. The van der Waals surface area contributed by atoms with E-state index in [4.69, 9.17) is 4.74 Å². The fraction of sp³-hybridized carbons (Fsp3) is 0.588. The van der Waals surface area contributed by atoms with E-state index in [1.165, 1.54) is 18.2 Å². The molecule has 0 heterocycles. The van der Waals surface area contributed by atoms with Crippen molar-refractivity contribution in [3.8, 4) is 0 Å². The lowest BCUT2D eigenvalue weighted by Gasteiger charge is -2.14. The van der Waals surface area contributed by atoms with Crippen molar-refractivity contribution in [2.75, 3.05) is 33.6 Å². The molecule has 1 aromatic carbocycles. The van der Waals surface area contributed by atoms with Gasteiger partial charge in [0.05, 0.1) is 5.75 Å². The fourth-order valence-electron chi connectivity index (χ4n) is 2.34. The highest BCUT2D eigenvalue weighted by molar-refractivity contribution is 14.0. The van der Waals surface area contributed by atoms with Crippen molar-refractivity contribution in [1.82, 2.24) is 10.6 Å². The lowest BCUT2D eigenvalue weighted by atomic mass is 10.1. The third kappa shape index (κ3) is 10.9. The van der Waals surface area contributed by atoms with Gasteiger partial charge in [-0.25, -0.2) is 12.8 Å². The minimum absolute atomic E-state index is 0. The summed E-state index contributed by atoms with van der Waals surface area (Å²) in [5, 5.41) is 6.28. The second-order valence-electron chi connectivity index (χ2n) is 5.89. The summed E-state index contributed by atoms with van der Waals surface area (Å²) >= 11 is 0. The molecule has 0 saturated carbocycles. The number of rotatable bonds is 10.